The van der Waals surface area contributed by atoms with Crippen LogP contribution in [0, 0.1) is 17.1 Å². The molecule has 0 bridgehead atoms. The van der Waals surface area contributed by atoms with Crippen molar-refractivity contribution < 1.29 is 14.1 Å². The zero-order chi connectivity index (χ0) is 19.1. The van der Waals surface area contributed by atoms with Gasteiger partial charge in [-0.05, 0) is 29.3 Å². The highest BCUT2D eigenvalue weighted by Crippen LogP contribution is 2.20. The highest BCUT2D eigenvalue weighted by molar-refractivity contribution is 5.94. The van der Waals surface area contributed by atoms with Crippen molar-refractivity contribution >= 4 is 17.2 Å². The van der Waals surface area contributed by atoms with Crippen LogP contribution in [-0.4, -0.2) is 32.1 Å². The van der Waals surface area contributed by atoms with E-state index in [0.29, 0.717) is 6.54 Å². The van der Waals surface area contributed by atoms with Crippen LogP contribution < -0.4 is 9.80 Å². The molecule has 27 heavy (non-hydrogen) atoms. The Labute approximate surface area is 159 Å². The van der Waals surface area contributed by atoms with Gasteiger partial charge in [-0.3, -0.25) is 4.79 Å². The lowest BCUT2D eigenvalue weighted by molar-refractivity contribution is -0.886. The number of benzene rings is 2. The Bertz CT molecular complexity index is 857. The van der Waals surface area contributed by atoms with Gasteiger partial charge in [-0.25, -0.2) is 4.39 Å². The van der Waals surface area contributed by atoms with Crippen molar-refractivity contribution in [3.63, 3.8) is 0 Å². The van der Waals surface area contributed by atoms with Crippen molar-refractivity contribution in [2.75, 3.05) is 31.1 Å². The fourth-order valence-corrected chi connectivity index (χ4v) is 3.38. The van der Waals surface area contributed by atoms with E-state index in [1.165, 1.54) is 22.1 Å². The smallest absolute Gasteiger partial charge is 0.282 e. The first-order chi connectivity index (χ1) is 13.2. The Morgan fingerprint density at radius 1 is 1.15 bits per heavy atom. The maximum Gasteiger partial charge on any atom is 0.282 e. The molecule has 1 aliphatic heterocycles. The van der Waals surface area contributed by atoms with Gasteiger partial charge in [0.1, 0.15) is 5.82 Å². The average Bonchev–Trinajstić information content (AvgIpc) is 2.71. The van der Waals surface area contributed by atoms with Crippen molar-refractivity contribution in [3.8, 4) is 6.07 Å². The Morgan fingerprint density at radius 2 is 1.89 bits per heavy atom. The third-order valence-electron chi connectivity index (χ3n) is 4.82. The molecular formula is C22H23FN3O+. The van der Waals surface area contributed by atoms with Crippen LogP contribution in [0.25, 0.3) is 5.57 Å². The van der Waals surface area contributed by atoms with Crippen molar-refractivity contribution in [2.45, 2.75) is 12.8 Å². The number of hydrogen-bond acceptors (Lipinski definition) is 2. The van der Waals surface area contributed by atoms with Crippen LogP contribution in [0.15, 0.2) is 60.7 Å². The number of halogens is 1. The number of quaternary nitrogens is 1. The number of nitriles is 1. The van der Waals surface area contributed by atoms with E-state index in [0.717, 1.165) is 24.4 Å². The van der Waals surface area contributed by atoms with Crippen LogP contribution >= 0.6 is 0 Å². The molecule has 1 amide bonds. The van der Waals surface area contributed by atoms with Crippen LogP contribution in [0.3, 0.4) is 0 Å². The lowest BCUT2D eigenvalue weighted by atomic mass is 9.99. The molecule has 1 N–H and O–H groups in total. The van der Waals surface area contributed by atoms with Crippen LogP contribution in [0.2, 0.25) is 0 Å². The van der Waals surface area contributed by atoms with Gasteiger partial charge in [-0.15, -0.1) is 0 Å². The summed E-state index contributed by atoms with van der Waals surface area (Å²) in [5.41, 5.74) is 2.78. The van der Waals surface area contributed by atoms with E-state index in [1.807, 2.05) is 24.3 Å². The summed E-state index contributed by atoms with van der Waals surface area (Å²) in [6.45, 7) is 2.11. The molecule has 4 nitrogen and oxygen atoms in total. The standard InChI is InChI=1S/C22H22FN3O/c23-20-9-4-5-10-21(20)26(14-6-13-24)22(27)17-25-15-11-19(12-16-25)18-7-2-1-3-8-18/h1-5,7-11H,6,12,14-17H2/p+1. The molecule has 0 aromatic heterocycles. The Kier molecular flexibility index (Phi) is 6.35. The van der Waals surface area contributed by atoms with Crippen LogP contribution in [0.5, 0.6) is 0 Å². The second-order valence-electron chi connectivity index (χ2n) is 6.63. The Morgan fingerprint density at radius 3 is 2.56 bits per heavy atom. The number of anilines is 1. The van der Waals surface area contributed by atoms with Gasteiger partial charge >= 0.3 is 0 Å². The fourth-order valence-electron chi connectivity index (χ4n) is 3.38. The molecule has 1 unspecified atom stereocenters. The molecule has 1 atom stereocenters. The van der Waals surface area contributed by atoms with E-state index in [4.69, 9.17) is 5.26 Å². The van der Waals surface area contributed by atoms with Crippen LogP contribution in [-0.2, 0) is 4.79 Å². The second-order valence-corrected chi connectivity index (χ2v) is 6.63. The molecule has 2 aromatic rings. The molecule has 3 rings (SSSR count). The number of nitrogens with zero attached hydrogens (tertiary/aromatic N) is 2. The van der Waals surface area contributed by atoms with Crippen molar-refractivity contribution in [1.82, 2.24) is 0 Å². The molecule has 138 valence electrons. The summed E-state index contributed by atoms with van der Waals surface area (Å²) in [6, 6.07) is 18.5. The molecule has 5 heteroatoms. The molecule has 0 spiro atoms. The van der Waals surface area contributed by atoms with Crippen LogP contribution in [0.4, 0.5) is 10.1 Å². The number of para-hydroxylation sites is 1. The molecule has 2 aromatic carbocycles. The summed E-state index contributed by atoms with van der Waals surface area (Å²) in [5, 5.41) is 8.88. The van der Waals surface area contributed by atoms with E-state index >= 15 is 0 Å². The molecular weight excluding hydrogens is 341 g/mol. The zero-order valence-electron chi connectivity index (χ0n) is 15.2. The van der Waals surface area contributed by atoms with E-state index in [1.54, 1.807) is 18.2 Å². The molecule has 1 aliphatic rings. The van der Waals surface area contributed by atoms with Gasteiger partial charge < -0.3 is 9.80 Å². The zero-order valence-corrected chi connectivity index (χ0v) is 15.2. The van der Waals surface area contributed by atoms with Crippen LogP contribution in [0.1, 0.15) is 18.4 Å². The Hall–Kier alpha value is -2.97. The second kappa shape index (κ2) is 9.11. The minimum absolute atomic E-state index is 0.151. The van der Waals surface area contributed by atoms with Gasteiger partial charge in [-0.1, -0.05) is 42.5 Å². The van der Waals surface area contributed by atoms with E-state index in [2.05, 4.69) is 18.2 Å². The summed E-state index contributed by atoms with van der Waals surface area (Å²) < 4.78 is 14.2. The lowest BCUT2D eigenvalue weighted by Gasteiger charge is -2.27. The minimum atomic E-state index is -0.441. The predicted octanol–water partition coefficient (Wildman–Crippen LogP) is 2.44. The van der Waals surface area contributed by atoms with Crippen molar-refractivity contribution in [1.29, 1.82) is 5.26 Å². The monoisotopic (exact) mass is 364 g/mol. The third-order valence-corrected chi connectivity index (χ3v) is 4.82. The molecule has 0 saturated carbocycles. The van der Waals surface area contributed by atoms with Gasteiger partial charge in [-0.2, -0.15) is 5.26 Å². The van der Waals surface area contributed by atoms with Gasteiger partial charge in [0.25, 0.3) is 5.91 Å². The quantitative estimate of drug-likeness (QED) is 0.856. The summed E-state index contributed by atoms with van der Waals surface area (Å²) in [5.74, 6) is -0.592. The van der Waals surface area contributed by atoms with E-state index in [9.17, 15) is 9.18 Å². The highest BCUT2D eigenvalue weighted by Gasteiger charge is 2.24. The first-order valence-electron chi connectivity index (χ1n) is 9.19. The molecule has 0 radical (unpaired) electrons. The highest BCUT2D eigenvalue weighted by atomic mass is 19.1. The van der Waals surface area contributed by atoms with Crippen molar-refractivity contribution in [2.24, 2.45) is 0 Å². The molecule has 0 saturated heterocycles. The number of carbonyl (C=O) groups is 1. The summed E-state index contributed by atoms with van der Waals surface area (Å²) >= 11 is 0. The van der Waals surface area contributed by atoms with E-state index in [-0.39, 0.29) is 24.6 Å². The van der Waals surface area contributed by atoms with Gasteiger partial charge in [0.15, 0.2) is 6.54 Å². The molecule has 0 aliphatic carbocycles. The molecule has 0 fully saturated rings. The van der Waals surface area contributed by atoms with Gasteiger partial charge in [0.2, 0.25) is 0 Å². The first kappa shape index (κ1) is 18.8. The molecule has 1 heterocycles. The van der Waals surface area contributed by atoms with Gasteiger partial charge in [0.05, 0.1) is 31.3 Å². The summed E-state index contributed by atoms with van der Waals surface area (Å²) in [6.07, 6.45) is 3.27. The first-order valence-corrected chi connectivity index (χ1v) is 9.19. The van der Waals surface area contributed by atoms with Crippen molar-refractivity contribution in [3.05, 3.63) is 72.1 Å². The largest absolute Gasteiger partial charge is 0.324 e. The maximum atomic E-state index is 14.2. The summed E-state index contributed by atoms with van der Waals surface area (Å²) in [7, 11) is 0. The number of rotatable bonds is 6. The number of hydrogen-bond donors (Lipinski definition) is 1. The number of carbonyl (C=O) groups excluding carboxylic acids is 1. The predicted molar refractivity (Wildman–Crippen MR) is 104 cm³/mol. The number of amides is 1. The van der Waals surface area contributed by atoms with E-state index < -0.39 is 5.82 Å². The lowest BCUT2D eigenvalue weighted by Crippen LogP contribution is -3.13. The third kappa shape index (κ3) is 4.81. The number of nitrogens with one attached hydrogen (secondary N) is 1. The average molecular weight is 364 g/mol. The SMILES string of the molecule is N#CCCN(C(=O)C[NH+]1CC=C(c2ccccc2)CC1)c1ccccc1F. The summed E-state index contributed by atoms with van der Waals surface area (Å²) in [4.78, 5) is 15.4. The maximum absolute atomic E-state index is 14.2. The van der Waals surface area contributed by atoms with Gasteiger partial charge in [0, 0.05) is 13.0 Å². The minimum Gasteiger partial charge on any atom is -0.324 e. The fraction of sp³-hybridized carbons (Fsp3) is 0.273. The topological polar surface area (TPSA) is 48.5 Å². The normalized spacial score (nSPS) is 16.3. The Balaban J connectivity index is 1.67.